The third-order valence-corrected chi connectivity index (χ3v) is 5.62. The summed E-state index contributed by atoms with van der Waals surface area (Å²) in [6, 6.07) is 9.38. The SMILES string of the molecule is Cc1cc(C)nc(Nc2ccc(C(=O)N3CCN(c4nnc(C)s4)CC3)cc2)n1. The summed E-state index contributed by atoms with van der Waals surface area (Å²) < 4.78 is 0. The molecule has 0 radical (unpaired) electrons. The fourth-order valence-corrected chi connectivity index (χ4v) is 4.04. The van der Waals surface area contributed by atoms with Crippen molar-refractivity contribution < 1.29 is 4.79 Å². The third kappa shape index (κ3) is 4.51. The van der Waals surface area contributed by atoms with Crippen LogP contribution in [-0.2, 0) is 0 Å². The molecule has 29 heavy (non-hydrogen) atoms. The molecule has 4 rings (SSSR count). The molecule has 1 amide bonds. The second kappa shape index (κ2) is 8.12. The van der Waals surface area contributed by atoms with Gasteiger partial charge in [-0.05, 0) is 51.1 Å². The number of rotatable bonds is 4. The van der Waals surface area contributed by atoms with Gasteiger partial charge in [0.15, 0.2) is 0 Å². The van der Waals surface area contributed by atoms with E-state index in [2.05, 4.69) is 30.4 Å². The summed E-state index contributed by atoms with van der Waals surface area (Å²) >= 11 is 1.59. The van der Waals surface area contributed by atoms with Gasteiger partial charge in [0.25, 0.3) is 5.91 Å². The number of aromatic nitrogens is 4. The van der Waals surface area contributed by atoms with E-state index < -0.39 is 0 Å². The van der Waals surface area contributed by atoms with Crippen molar-refractivity contribution in [2.45, 2.75) is 20.8 Å². The van der Waals surface area contributed by atoms with E-state index in [0.717, 1.165) is 40.3 Å². The van der Waals surface area contributed by atoms with Gasteiger partial charge in [-0.2, -0.15) is 0 Å². The highest BCUT2D eigenvalue weighted by atomic mass is 32.1. The number of carbonyl (C=O) groups is 1. The van der Waals surface area contributed by atoms with E-state index in [0.29, 0.717) is 24.6 Å². The number of benzene rings is 1. The van der Waals surface area contributed by atoms with Crippen LogP contribution in [0.4, 0.5) is 16.8 Å². The Labute approximate surface area is 173 Å². The number of nitrogens with zero attached hydrogens (tertiary/aromatic N) is 6. The molecule has 3 aromatic rings. The molecule has 1 saturated heterocycles. The summed E-state index contributed by atoms with van der Waals surface area (Å²) in [4.78, 5) is 25.7. The number of carbonyl (C=O) groups excluding carboxylic acids is 1. The van der Waals surface area contributed by atoms with E-state index in [9.17, 15) is 4.79 Å². The van der Waals surface area contributed by atoms with E-state index in [1.54, 1.807) is 11.3 Å². The molecule has 8 nitrogen and oxygen atoms in total. The van der Waals surface area contributed by atoms with E-state index in [-0.39, 0.29) is 5.91 Å². The van der Waals surface area contributed by atoms with Crippen LogP contribution in [0.15, 0.2) is 30.3 Å². The van der Waals surface area contributed by atoms with E-state index in [4.69, 9.17) is 0 Å². The maximum atomic E-state index is 12.8. The first-order valence-electron chi connectivity index (χ1n) is 9.51. The fraction of sp³-hybridized carbons (Fsp3) is 0.350. The second-order valence-corrected chi connectivity index (χ2v) is 8.22. The van der Waals surface area contributed by atoms with Crippen LogP contribution >= 0.6 is 11.3 Å². The summed E-state index contributed by atoms with van der Waals surface area (Å²) in [5, 5.41) is 13.3. The Kier molecular flexibility index (Phi) is 5.39. The average molecular weight is 410 g/mol. The quantitative estimate of drug-likeness (QED) is 0.709. The average Bonchev–Trinajstić information content (AvgIpc) is 3.14. The Hall–Kier alpha value is -3.07. The van der Waals surface area contributed by atoms with Crippen molar-refractivity contribution in [1.82, 2.24) is 25.1 Å². The van der Waals surface area contributed by atoms with Gasteiger partial charge in [0.2, 0.25) is 11.1 Å². The van der Waals surface area contributed by atoms with E-state index in [1.165, 1.54) is 0 Å². The number of hydrogen-bond donors (Lipinski definition) is 1. The number of aryl methyl sites for hydroxylation is 3. The zero-order valence-corrected chi connectivity index (χ0v) is 17.5. The Morgan fingerprint density at radius 2 is 1.62 bits per heavy atom. The molecule has 0 atom stereocenters. The lowest BCUT2D eigenvalue weighted by atomic mass is 10.1. The minimum atomic E-state index is 0.0484. The molecule has 3 heterocycles. The van der Waals surface area contributed by atoms with E-state index >= 15 is 0 Å². The summed E-state index contributed by atoms with van der Waals surface area (Å²) in [6.45, 7) is 8.71. The van der Waals surface area contributed by atoms with Crippen molar-refractivity contribution in [3.05, 3.63) is 52.3 Å². The van der Waals surface area contributed by atoms with Gasteiger partial charge in [0.1, 0.15) is 5.01 Å². The first-order valence-corrected chi connectivity index (χ1v) is 10.3. The number of anilines is 3. The Bertz CT molecular complexity index is 990. The summed E-state index contributed by atoms with van der Waals surface area (Å²) in [6.07, 6.45) is 0. The van der Waals surface area contributed by atoms with E-state index in [1.807, 2.05) is 56.0 Å². The highest BCUT2D eigenvalue weighted by Gasteiger charge is 2.23. The monoisotopic (exact) mass is 409 g/mol. The van der Waals surface area contributed by atoms with Crippen molar-refractivity contribution in [1.29, 1.82) is 0 Å². The first kappa shape index (κ1) is 19.3. The molecule has 1 aliphatic rings. The zero-order chi connectivity index (χ0) is 20.4. The van der Waals surface area contributed by atoms with Gasteiger partial charge < -0.3 is 15.1 Å². The molecule has 1 N–H and O–H groups in total. The number of hydrogen-bond acceptors (Lipinski definition) is 8. The lowest BCUT2D eigenvalue weighted by Gasteiger charge is -2.34. The Morgan fingerprint density at radius 1 is 0.966 bits per heavy atom. The highest BCUT2D eigenvalue weighted by Crippen LogP contribution is 2.22. The predicted molar refractivity (Wildman–Crippen MR) is 114 cm³/mol. The van der Waals surface area contributed by atoms with Crippen LogP contribution in [0.5, 0.6) is 0 Å². The first-order chi connectivity index (χ1) is 14.0. The molecule has 1 fully saturated rings. The number of amides is 1. The standard InChI is InChI=1S/C20H23N7OS/c1-13-12-14(2)22-19(21-13)23-17-6-4-16(5-7-17)18(28)26-8-10-27(11-9-26)20-25-24-15(3)29-20/h4-7,12H,8-11H2,1-3H3,(H,21,22,23). The van der Waals surface area contributed by atoms with Crippen molar-refractivity contribution in [3.63, 3.8) is 0 Å². The molecule has 0 unspecified atom stereocenters. The van der Waals surface area contributed by atoms with Crippen molar-refractivity contribution in [2.24, 2.45) is 0 Å². The maximum absolute atomic E-state index is 12.8. The molecule has 150 valence electrons. The van der Waals surface area contributed by atoms with Crippen LogP contribution in [0.25, 0.3) is 0 Å². The topological polar surface area (TPSA) is 87.1 Å². The fourth-order valence-electron chi connectivity index (χ4n) is 3.30. The van der Waals surface area contributed by atoms with Gasteiger partial charge in [-0.1, -0.05) is 11.3 Å². The Morgan fingerprint density at radius 3 is 2.21 bits per heavy atom. The van der Waals surface area contributed by atoms with Gasteiger partial charge in [0, 0.05) is 48.8 Å². The largest absolute Gasteiger partial charge is 0.343 e. The second-order valence-electron chi connectivity index (χ2n) is 7.06. The molecule has 9 heteroatoms. The van der Waals surface area contributed by atoms with Gasteiger partial charge in [-0.25, -0.2) is 9.97 Å². The van der Waals surface area contributed by atoms with Crippen LogP contribution in [0, 0.1) is 20.8 Å². The molecule has 0 bridgehead atoms. The third-order valence-electron chi connectivity index (χ3n) is 4.72. The molecule has 2 aromatic heterocycles. The molecule has 0 saturated carbocycles. The van der Waals surface area contributed by atoms with Gasteiger partial charge in [-0.15, -0.1) is 10.2 Å². The molecule has 0 spiro atoms. The minimum Gasteiger partial charge on any atom is -0.343 e. The van der Waals surface area contributed by atoms with Crippen molar-refractivity contribution in [3.8, 4) is 0 Å². The van der Waals surface area contributed by atoms with Crippen molar-refractivity contribution in [2.75, 3.05) is 36.4 Å². The van der Waals surface area contributed by atoms with Crippen LogP contribution in [0.2, 0.25) is 0 Å². The normalized spacial score (nSPS) is 14.2. The van der Waals surface area contributed by atoms with Gasteiger partial charge in [0.05, 0.1) is 0 Å². The number of nitrogens with one attached hydrogen (secondary N) is 1. The molecular weight excluding hydrogens is 386 g/mol. The summed E-state index contributed by atoms with van der Waals surface area (Å²) in [5.74, 6) is 0.608. The van der Waals surface area contributed by atoms with Gasteiger partial charge in [-0.3, -0.25) is 4.79 Å². The zero-order valence-electron chi connectivity index (χ0n) is 16.7. The van der Waals surface area contributed by atoms with Crippen LogP contribution in [0.3, 0.4) is 0 Å². The van der Waals surface area contributed by atoms with Crippen LogP contribution in [-0.4, -0.2) is 57.2 Å². The summed E-state index contributed by atoms with van der Waals surface area (Å²) in [5.41, 5.74) is 3.35. The number of piperazine rings is 1. The summed E-state index contributed by atoms with van der Waals surface area (Å²) in [7, 11) is 0. The minimum absolute atomic E-state index is 0.0484. The van der Waals surface area contributed by atoms with Gasteiger partial charge >= 0.3 is 0 Å². The Balaban J connectivity index is 1.37. The molecule has 1 aromatic carbocycles. The highest BCUT2D eigenvalue weighted by molar-refractivity contribution is 7.15. The molecule has 0 aliphatic carbocycles. The lowest BCUT2D eigenvalue weighted by Crippen LogP contribution is -2.48. The van der Waals surface area contributed by atoms with Crippen LogP contribution in [0.1, 0.15) is 26.8 Å². The predicted octanol–water partition coefficient (Wildman–Crippen LogP) is 2.96. The van der Waals surface area contributed by atoms with Crippen molar-refractivity contribution >= 4 is 34.0 Å². The maximum Gasteiger partial charge on any atom is 0.253 e. The molecular formula is C20H23N7OS. The molecule has 1 aliphatic heterocycles. The smallest absolute Gasteiger partial charge is 0.253 e. The lowest BCUT2D eigenvalue weighted by molar-refractivity contribution is 0.0747. The van der Waals surface area contributed by atoms with Crippen LogP contribution < -0.4 is 10.2 Å².